The number of hydrogen-bond donors (Lipinski definition) is 2. The summed E-state index contributed by atoms with van der Waals surface area (Å²) in [5.74, 6) is 2.12. The molecule has 1 aliphatic rings. The summed E-state index contributed by atoms with van der Waals surface area (Å²) in [6, 6.07) is 9.76. The molecule has 1 aromatic carbocycles. The highest BCUT2D eigenvalue weighted by Gasteiger charge is 2.18. The van der Waals surface area contributed by atoms with Gasteiger partial charge in [-0.2, -0.15) is 0 Å². The van der Waals surface area contributed by atoms with Crippen molar-refractivity contribution in [3.8, 4) is 11.5 Å². The number of nitrogens with one attached hydrogen (secondary N) is 2. The molecule has 1 saturated carbocycles. The lowest BCUT2D eigenvalue weighted by Gasteiger charge is -2.13. The van der Waals surface area contributed by atoms with Gasteiger partial charge in [0.25, 0.3) is 5.91 Å². The van der Waals surface area contributed by atoms with Crippen LogP contribution in [0.3, 0.4) is 0 Å². The highest BCUT2D eigenvalue weighted by molar-refractivity contribution is 5.95. The van der Waals surface area contributed by atoms with E-state index in [1.807, 2.05) is 18.2 Å². The van der Waals surface area contributed by atoms with Gasteiger partial charge in [-0.15, -0.1) is 0 Å². The molecule has 1 aromatic heterocycles. The standard InChI is InChI=1S/C21H27N3O3/c1-26-18-8-7-15(13-19(18)27-2)9-11-22-20-14-16(10-12-23-20)21(25)24-17-5-3-4-6-17/h7-8,10,12-14,17H,3-6,9,11H2,1-2H3,(H,22,23)(H,24,25). The van der Waals surface area contributed by atoms with Gasteiger partial charge in [0, 0.05) is 24.3 Å². The Morgan fingerprint density at radius 2 is 1.89 bits per heavy atom. The fourth-order valence-corrected chi connectivity index (χ4v) is 3.38. The number of methoxy groups -OCH3 is 2. The number of carbonyl (C=O) groups is 1. The molecule has 0 spiro atoms. The molecular formula is C21H27N3O3. The minimum atomic E-state index is -0.0211. The number of pyridine rings is 1. The highest BCUT2D eigenvalue weighted by Crippen LogP contribution is 2.27. The number of amides is 1. The molecule has 1 fully saturated rings. The van der Waals surface area contributed by atoms with E-state index in [2.05, 4.69) is 15.6 Å². The third-order valence-corrected chi connectivity index (χ3v) is 4.88. The lowest BCUT2D eigenvalue weighted by atomic mass is 10.1. The van der Waals surface area contributed by atoms with Crippen molar-refractivity contribution in [2.45, 2.75) is 38.1 Å². The Kier molecular flexibility index (Phi) is 6.52. The van der Waals surface area contributed by atoms with Gasteiger partial charge in [-0.05, 0) is 49.1 Å². The Morgan fingerprint density at radius 3 is 2.63 bits per heavy atom. The first-order valence-corrected chi connectivity index (χ1v) is 9.41. The van der Waals surface area contributed by atoms with Gasteiger partial charge in [-0.3, -0.25) is 4.79 Å². The van der Waals surface area contributed by atoms with Crippen LogP contribution in [0, 0.1) is 0 Å². The summed E-state index contributed by atoms with van der Waals surface area (Å²) in [6.07, 6.45) is 7.03. The maximum absolute atomic E-state index is 12.4. The van der Waals surface area contributed by atoms with Crippen molar-refractivity contribution >= 4 is 11.7 Å². The summed E-state index contributed by atoms with van der Waals surface area (Å²) in [5, 5.41) is 6.39. The van der Waals surface area contributed by atoms with Crippen LogP contribution in [0.1, 0.15) is 41.6 Å². The van der Waals surface area contributed by atoms with Gasteiger partial charge in [0.2, 0.25) is 0 Å². The van der Waals surface area contributed by atoms with Crippen LogP contribution in [0.2, 0.25) is 0 Å². The number of rotatable bonds is 8. The Bertz CT molecular complexity index is 773. The topological polar surface area (TPSA) is 72.5 Å². The van der Waals surface area contributed by atoms with Gasteiger partial charge in [0.05, 0.1) is 14.2 Å². The number of anilines is 1. The van der Waals surface area contributed by atoms with E-state index in [9.17, 15) is 4.79 Å². The van der Waals surface area contributed by atoms with Crippen LogP contribution in [0.15, 0.2) is 36.5 Å². The minimum absolute atomic E-state index is 0.0211. The molecule has 6 nitrogen and oxygen atoms in total. The molecule has 27 heavy (non-hydrogen) atoms. The fraction of sp³-hybridized carbons (Fsp3) is 0.429. The zero-order valence-electron chi connectivity index (χ0n) is 16.0. The van der Waals surface area contributed by atoms with E-state index in [-0.39, 0.29) is 5.91 Å². The zero-order chi connectivity index (χ0) is 19.1. The maximum Gasteiger partial charge on any atom is 0.251 e. The van der Waals surface area contributed by atoms with Gasteiger partial charge in [-0.25, -0.2) is 4.98 Å². The van der Waals surface area contributed by atoms with Crippen molar-refractivity contribution in [1.82, 2.24) is 10.3 Å². The van der Waals surface area contributed by atoms with Gasteiger partial charge < -0.3 is 20.1 Å². The van der Waals surface area contributed by atoms with Crippen molar-refractivity contribution in [3.05, 3.63) is 47.7 Å². The summed E-state index contributed by atoms with van der Waals surface area (Å²) in [7, 11) is 3.26. The lowest BCUT2D eigenvalue weighted by molar-refractivity contribution is 0.0938. The number of ether oxygens (including phenoxy) is 2. The predicted molar refractivity (Wildman–Crippen MR) is 106 cm³/mol. The maximum atomic E-state index is 12.4. The molecule has 1 heterocycles. The van der Waals surface area contributed by atoms with Gasteiger partial charge in [0.15, 0.2) is 11.5 Å². The van der Waals surface area contributed by atoms with E-state index in [1.54, 1.807) is 32.5 Å². The molecule has 0 saturated heterocycles. The van der Waals surface area contributed by atoms with Crippen LogP contribution in [0.5, 0.6) is 11.5 Å². The summed E-state index contributed by atoms with van der Waals surface area (Å²) < 4.78 is 10.6. The van der Waals surface area contributed by atoms with E-state index in [0.717, 1.165) is 36.3 Å². The smallest absolute Gasteiger partial charge is 0.251 e. The van der Waals surface area contributed by atoms with E-state index in [4.69, 9.17) is 9.47 Å². The summed E-state index contributed by atoms with van der Waals surface area (Å²) in [5.41, 5.74) is 1.78. The van der Waals surface area contributed by atoms with Crippen molar-refractivity contribution < 1.29 is 14.3 Å². The Labute approximate surface area is 160 Å². The molecule has 2 aromatic rings. The van der Waals surface area contributed by atoms with E-state index in [0.29, 0.717) is 24.0 Å². The molecular weight excluding hydrogens is 342 g/mol. The largest absolute Gasteiger partial charge is 0.493 e. The highest BCUT2D eigenvalue weighted by atomic mass is 16.5. The summed E-state index contributed by atoms with van der Waals surface area (Å²) in [6.45, 7) is 0.705. The molecule has 6 heteroatoms. The van der Waals surface area contributed by atoms with Gasteiger partial charge in [-0.1, -0.05) is 18.9 Å². The summed E-state index contributed by atoms with van der Waals surface area (Å²) in [4.78, 5) is 16.7. The average molecular weight is 369 g/mol. The molecule has 1 aliphatic carbocycles. The second-order valence-corrected chi connectivity index (χ2v) is 6.75. The number of hydrogen-bond acceptors (Lipinski definition) is 5. The van der Waals surface area contributed by atoms with Crippen LogP contribution in [0.25, 0.3) is 0 Å². The van der Waals surface area contributed by atoms with Gasteiger partial charge >= 0.3 is 0 Å². The van der Waals surface area contributed by atoms with Crippen LogP contribution in [0.4, 0.5) is 5.82 Å². The second kappa shape index (κ2) is 9.26. The van der Waals surface area contributed by atoms with E-state index >= 15 is 0 Å². The van der Waals surface area contributed by atoms with E-state index in [1.165, 1.54) is 12.8 Å². The zero-order valence-corrected chi connectivity index (χ0v) is 16.0. The second-order valence-electron chi connectivity index (χ2n) is 6.75. The first-order valence-electron chi connectivity index (χ1n) is 9.41. The number of nitrogens with zero attached hydrogens (tertiary/aromatic N) is 1. The van der Waals surface area contributed by atoms with Crippen LogP contribution in [-0.4, -0.2) is 37.7 Å². The molecule has 0 radical (unpaired) electrons. The Hall–Kier alpha value is -2.76. The Balaban J connectivity index is 1.54. The first-order chi connectivity index (χ1) is 13.2. The van der Waals surface area contributed by atoms with Crippen LogP contribution >= 0.6 is 0 Å². The fourth-order valence-electron chi connectivity index (χ4n) is 3.38. The molecule has 0 atom stereocenters. The monoisotopic (exact) mass is 369 g/mol. The molecule has 0 bridgehead atoms. The molecule has 1 amide bonds. The van der Waals surface area contributed by atoms with Crippen molar-refractivity contribution in [1.29, 1.82) is 0 Å². The molecule has 144 valence electrons. The lowest BCUT2D eigenvalue weighted by Crippen LogP contribution is -2.32. The SMILES string of the molecule is COc1ccc(CCNc2cc(C(=O)NC3CCCC3)ccn2)cc1OC. The first kappa shape index (κ1) is 19.0. The van der Waals surface area contributed by atoms with Crippen molar-refractivity contribution in [3.63, 3.8) is 0 Å². The molecule has 0 aliphatic heterocycles. The third-order valence-electron chi connectivity index (χ3n) is 4.88. The summed E-state index contributed by atoms with van der Waals surface area (Å²) >= 11 is 0. The number of benzene rings is 1. The Morgan fingerprint density at radius 1 is 1.11 bits per heavy atom. The third kappa shape index (κ3) is 5.12. The minimum Gasteiger partial charge on any atom is -0.493 e. The van der Waals surface area contributed by atoms with Crippen molar-refractivity contribution in [2.75, 3.05) is 26.1 Å². The van der Waals surface area contributed by atoms with Crippen LogP contribution in [-0.2, 0) is 6.42 Å². The normalized spacial score (nSPS) is 14.0. The van der Waals surface area contributed by atoms with Crippen molar-refractivity contribution in [2.24, 2.45) is 0 Å². The average Bonchev–Trinajstić information content (AvgIpc) is 3.21. The predicted octanol–water partition coefficient (Wildman–Crippen LogP) is 3.43. The molecule has 3 rings (SSSR count). The number of carbonyl (C=O) groups excluding carboxylic acids is 1. The quantitative estimate of drug-likeness (QED) is 0.746. The van der Waals surface area contributed by atoms with E-state index < -0.39 is 0 Å². The number of aromatic nitrogens is 1. The van der Waals surface area contributed by atoms with Crippen LogP contribution < -0.4 is 20.1 Å². The molecule has 0 unspecified atom stereocenters. The van der Waals surface area contributed by atoms with Gasteiger partial charge in [0.1, 0.15) is 5.82 Å². The molecule has 2 N–H and O–H groups in total.